The molecule has 109 heavy (non-hydrogen) atoms. The number of rotatable bonds is 20. The van der Waals surface area contributed by atoms with Gasteiger partial charge in [0.15, 0.2) is 0 Å². The fourth-order valence-corrected chi connectivity index (χ4v) is 17.7. The lowest BCUT2D eigenvalue weighted by atomic mass is 9.85. The monoisotopic (exact) mass is 1560 g/mol. The van der Waals surface area contributed by atoms with Gasteiger partial charge in [-0.3, -0.25) is 0 Å². The van der Waals surface area contributed by atoms with Crippen LogP contribution >= 0.6 is 42.9 Å². The van der Waals surface area contributed by atoms with Gasteiger partial charge in [0.2, 0.25) is 0 Å². The molecule has 584 valence electrons. The van der Waals surface area contributed by atoms with Gasteiger partial charge in [0, 0.05) is 92.5 Å². The van der Waals surface area contributed by atoms with Gasteiger partial charge in [-0.05, 0) is 251 Å². The average molecular weight is 1560 g/mol. The van der Waals surface area contributed by atoms with Crippen LogP contribution in [-0.2, 0) is 38.1 Å². The van der Waals surface area contributed by atoms with Crippen LogP contribution in [0.5, 0.6) is 28.7 Å². The van der Waals surface area contributed by atoms with E-state index in [1.165, 1.54) is 71.0 Å². The number of phenolic OH excluding ortho intramolecular Hbond substituents is 5. The molecule has 15 heteroatoms. The van der Waals surface area contributed by atoms with E-state index in [0.717, 1.165) is 75.9 Å². The van der Waals surface area contributed by atoms with E-state index in [0.29, 0.717) is 71.7 Å². The van der Waals surface area contributed by atoms with Gasteiger partial charge >= 0.3 is 0 Å². The summed E-state index contributed by atoms with van der Waals surface area (Å²) in [6.45, 7) is 53.4. The lowest BCUT2D eigenvalue weighted by Gasteiger charge is -2.24. The topological polar surface area (TPSA) is 161 Å². The predicted molar refractivity (Wildman–Crippen MR) is 486 cm³/mol. The molecule has 10 aromatic carbocycles. The first kappa shape index (κ1) is 91.0. The Hall–Kier alpha value is -6.85. The molecule has 0 fully saturated rings. The number of aryl methyl sites for hydroxylation is 5. The van der Waals surface area contributed by atoms with E-state index in [1.807, 2.05) is 62.4 Å². The molecule has 10 nitrogen and oxygen atoms in total. The standard InChI is InChI=1S/C22H32NOP.C19H26NOP.2C18H24NOP.C17H22NOP/c1-15-12-17(21(2,3)4)20(24)19(13-15)25-18-11-9-8-10-16(18)14-23-22(5,6)7;1-13-10-14(2)18(21)17(11-13)22-16-9-7-6-8-15(16)12-20-19(3,4)5;1-13-8-7-11-16(17(13)20)21-15-10-6-5-9-14(15)12-19-18(2,3)4;1-13-9-10-15(20)17(11-13)21-16-8-6-5-7-14(16)12-19-18(2,3)4;1-17(2,3)18-12-13-8-4-6-10-15(13)20-16-11-7-5-9-14(16)19/h8-13,23-25H,14H2,1-7H3;6-11,20-22H,12H2,1-5H3;2*5-11,19-21H,12H2,1-4H3;4-11,18-20H,12H2,1-3H3. The van der Waals surface area contributed by atoms with Crippen LogP contribution in [0.15, 0.2) is 206 Å². The Labute approximate surface area is 665 Å². The summed E-state index contributed by atoms with van der Waals surface area (Å²) in [5, 5.41) is 80.5. The molecule has 0 spiro atoms. The third-order valence-electron chi connectivity index (χ3n) is 17.3. The minimum absolute atomic E-state index is 0.0668. The van der Waals surface area contributed by atoms with Crippen molar-refractivity contribution in [1.82, 2.24) is 26.6 Å². The molecule has 5 atom stereocenters. The van der Waals surface area contributed by atoms with Crippen molar-refractivity contribution in [3.8, 4) is 28.7 Å². The fraction of sp³-hybridized carbons (Fsp3) is 0.362. The molecule has 0 aliphatic carbocycles. The number of phenols is 5. The van der Waals surface area contributed by atoms with Crippen molar-refractivity contribution in [2.24, 2.45) is 0 Å². The molecule has 0 aliphatic rings. The Bertz CT molecular complexity index is 4470. The Kier molecular flexibility index (Phi) is 34.7. The van der Waals surface area contributed by atoms with Crippen LogP contribution in [0.3, 0.4) is 0 Å². The first-order chi connectivity index (χ1) is 50.9. The maximum Gasteiger partial charge on any atom is 0.127 e. The van der Waals surface area contributed by atoms with Crippen molar-refractivity contribution in [2.45, 2.75) is 225 Å². The molecule has 0 saturated carbocycles. The SMILES string of the molecule is CC(C)(C)NCc1ccccc1Pc1ccccc1O.Cc1cc(C)c(O)c(Pc2ccccc2CNC(C)(C)C)c1.Cc1cc(Pc2ccccc2CNC(C)(C)C)c(O)c(C(C)(C)C)c1.Cc1ccc(O)c(Pc2ccccc2CNC(C)(C)C)c1.Cc1cccc(Pc2ccccc2CNC(C)(C)C)c1O. The van der Waals surface area contributed by atoms with E-state index in [1.54, 1.807) is 12.1 Å². The quantitative estimate of drug-likeness (QED) is 0.0333. The van der Waals surface area contributed by atoms with Crippen LogP contribution in [0.2, 0.25) is 0 Å². The van der Waals surface area contributed by atoms with Crippen LogP contribution in [0.4, 0.5) is 0 Å². The molecule has 0 saturated heterocycles. The summed E-state index contributed by atoms with van der Waals surface area (Å²) in [7, 11) is 2.35. The average Bonchev–Trinajstić information content (AvgIpc) is 0.787. The molecule has 0 radical (unpaired) electrons. The number of hydrogen-bond donors (Lipinski definition) is 10. The highest BCUT2D eigenvalue weighted by Gasteiger charge is 2.23. The van der Waals surface area contributed by atoms with Crippen molar-refractivity contribution in [3.63, 3.8) is 0 Å². The van der Waals surface area contributed by atoms with Crippen LogP contribution < -0.4 is 79.6 Å². The van der Waals surface area contributed by atoms with E-state index in [-0.39, 0.29) is 33.1 Å². The van der Waals surface area contributed by atoms with Gasteiger partial charge in [0.05, 0.1) is 0 Å². The molecule has 10 rings (SSSR count). The number of benzene rings is 10. The Morgan fingerprint density at radius 2 is 0.514 bits per heavy atom. The van der Waals surface area contributed by atoms with Crippen LogP contribution in [-0.4, -0.2) is 53.2 Å². The Morgan fingerprint density at radius 1 is 0.239 bits per heavy atom. The van der Waals surface area contributed by atoms with Gasteiger partial charge in [-0.1, -0.05) is 245 Å². The molecule has 0 amide bonds. The molecule has 0 bridgehead atoms. The second kappa shape index (κ2) is 41.6. The summed E-state index contributed by atoms with van der Waals surface area (Å²) in [6.07, 6.45) is 0. The molecule has 0 heterocycles. The molecular formula is C94H128N5O5P5. The largest absolute Gasteiger partial charge is 0.507 e. The highest BCUT2D eigenvalue weighted by Crippen LogP contribution is 2.34. The molecule has 10 N–H and O–H groups in total. The zero-order valence-electron chi connectivity index (χ0n) is 69.4. The zero-order valence-corrected chi connectivity index (χ0v) is 74.4. The molecule has 0 aliphatic heterocycles. The van der Waals surface area contributed by atoms with Gasteiger partial charge in [-0.2, -0.15) is 0 Å². The van der Waals surface area contributed by atoms with Gasteiger partial charge < -0.3 is 52.1 Å². The maximum absolute atomic E-state index is 10.9. The van der Waals surface area contributed by atoms with Crippen LogP contribution in [0, 0.1) is 34.6 Å². The summed E-state index contributed by atoms with van der Waals surface area (Å²) in [5.74, 6) is 2.08. The Morgan fingerprint density at radius 3 is 0.872 bits per heavy atom. The second-order valence-electron chi connectivity index (χ2n) is 34.4. The van der Waals surface area contributed by atoms with Gasteiger partial charge in [-0.15, -0.1) is 0 Å². The lowest BCUT2D eigenvalue weighted by molar-refractivity contribution is 0.424. The van der Waals surface area contributed by atoms with E-state index >= 15 is 0 Å². The third kappa shape index (κ3) is 32.8. The third-order valence-corrected chi connectivity index (χ3v) is 24.4. The van der Waals surface area contributed by atoms with E-state index in [9.17, 15) is 25.5 Å². The predicted octanol–water partition coefficient (Wildman–Crippen LogP) is 17.4. The first-order valence-electron chi connectivity index (χ1n) is 37.9. The van der Waals surface area contributed by atoms with Crippen LogP contribution in [0.1, 0.15) is 186 Å². The molecule has 0 aromatic heterocycles. The lowest BCUT2D eigenvalue weighted by Crippen LogP contribution is -2.36. The highest BCUT2D eigenvalue weighted by atomic mass is 31.1. The van der Waals surface area contributed by atoms with Crippen LogP contribution in [0.25, 0.3) is 0 Å². The number of aromatic hydroxyl groups is 5. The molecular weight excluding hydrogens is 1430 g/mol. The molecule has 10 aromatic rings. The number of hydrogen-bond acceptors (Lipinski definition) is 10. The summed E-state index contributed by atoms with van der Waals surface area (Å²) < 4.78 is 0. The normalized spacial score (nSPS) is 12.4. The summed E-state index contributed by atoms with van der Waals surface area (Å²) in [5.41, 5.74) is 13.4. The smallest absolute Gasteiger partial charge is 0.127 e. The summed E-state index contributed by atoms with van der Waals surface area (Å²) in [6, 6.07) is 70.0. The number of para-hydroxylation sites is 2. The van der Waals surface area contributed by atoms with Crippen molar-refractivity contribution in [1.29, 1.82) is 0 Å². The van der Waals surface area contributed by atoms with Crippen molar-refractivity contribution < 1.29 is 25.5 Å². The van der Waals surface area contributed by atoms with Gasteiger partial charge in [0.25, 0.3) is 0 Å². The minimum Gasteiger partial charge on any atom is -0.507 e. The second-order valence-corrected chi connectivity index (χ2v) is 41.0. The fourth-order valence-electron chi connectivity index (χ4n) is 11.1. The van der Waals surface area contributed by atoms with Crippen molar-refractivity contribution in [3.05, 3.63) is 267 Å². The number of nitrogens with one attached hydrogen (secondary N) is 5. The van der Waals surface area contributed by atoms with E-state index in [2.05, 4.69) is 318 Å². The van der Waals surface area contributed by atoms with Gasteiger partial charge in [-0.25, -0.2) is 0 Å². The molecule has 5 unspecified atom stereocenters. The zero-order chi connectivity index (χ0) is 80.7. The summed E-state index contributed by atoms with van der Waals surface area (Å²) >= 11 is 0. The highest BCUT2D eigenvalue weighted by molar-refractivity contribution is 7.57. The van der Waals surface area contributed by atoms with E-state index < -0.39 is 0 Å². The maximum atomic E-state index is 10.9. The van der Waals surface area contributed by atoms with E-state index in [4.69, 9.17) is 0 Å². The summed E-state index contributed by atoms with van der Waals surface area (Å²) in [4.78, 5) is 0. The first-order valence-corrected chi connectivity index (χ1v) is 42.9. The van der Waals surface area contributed by atoms with Crippen molar-refractivity contribution in [2.75, 3.05) is 0 Å². The van der Waals surface area contributed by atoms with Gasteiger partial charge in [0.1, 0.15) is 28.7 Å². The Balaban J connectivity index is 0.000000213. The van der Waals surface area contributed by atoms with Crippen molar-refractivity contribution >= 4 is 95.9 Å². The minimum atomic E-state index is -0.0668.